The van der Waals surface area contributed by atoms with Crippen LogP contribution in [0.5, 0.6) is 0 Å². The van der Waals surface area contributed by atoms with Crippen molar-refractivity contribution in [2.75, 3.05) is 5.43 Å². The first-order valence-electron chi connectivity index (χ1n) is 6.04. The Labute approximate surface area is 136 Å². The lowest BCUT2D eigenvalue weighted by Gasteiger charge is -2.05. The van der Waals surface area contributed by atoms with Crippen LogP contribution >= 0.6 is 23.2 Å². The molecule has 2 rings (SSSR count). The maximum Gasteiger partial charge on any atom is 0.328 e. The summed E-state index contributed by atoms with van der Waals surface area (Å²) in [5.74, 6) is -1.07. The third-order valence-electron chi connectivity index (χ3n) is 2.50. The van der Waals surface area contributed by atoms with Crippen molar-refractivity contribution in [3.05, 3.63) is 64.4 Å². The molecular weight excluding hydrogens is 327 g/mol. The highest BCUT2D eigenvalue weighted by atomic mass is 35.5. The number of nitrogens with one attached hydrogen (secondary N) is 1. The summed E-state index contributed by atoms with van der Waals surface area (Å²) in [6, 6.07) is 9.08. The van der Waals surface area contributed by atoms with Crippen LogP contribution in [0.25, 0.3) is 0 Å². The summed E-state index contributed by atoms with van der Waals surface area (Å²) in [5.41, 5.74) is 4.20. The van der Waals surface area contributed by atoms with Crippen LogP contribution in [0, 0.1) is 0 Å². The molecule has 22 heavy (non-hydrogen) atoms. The van der Waals surface area contributed by atoms with Crippen LogP contribution in [0.15, 0.2) is 53.8 Å². The topological polar surface area (TPSA) is 87.5 Å². The molecule has 0 spiro atoms. The van der Waals surface area contributed by atoms with Gasteiger partial charge in [-0.3, -0.25) is 5.43 Å². The molecular formula is C14H10Cl2N4O2. The molecule has 2 aromatic rings. The van der Waals surface area contributed by atoms with Gasteiger partial charge in [0.1, 0.15) is 5.02 Å². The van der Waals surface area contributed by atoms with Crippen LogP contribution in [-0.2, 0) is 4.79 Å². The predicted molar refractivity (Wildman–Crippen MR) is 85.4 cm³/mol. The van der Waals surface area contributed by atoms with Crippen LogP contribution < -0.4 is 5.43 Å². The SMILES string of the molecule is O=C(O)/C=C/C(=N\Nc1cnnc(Cl)c1Cl)c1ccccc1. The van der Waals surface area contributed by atoms with E-state index >= 15 is 0 Å². The van der Waals surface area contributed by atoms with Gasteiger partial charge in [0.05, 0.1) is 17.6 Å². The minimum Gasteiger partial charge on any atom is -0.478 e. The van der Waals surface area contributed by atoms with Crippen molar-refractivity contribution in [2.45, 2.75) is 0 Å². The van der Waals surface area contributed by atoms with Gasteiger partial charge in [-0.05, 0) is 6.08 Å². The maximum atomic E-state index is 10.7. The number of rotatable bonds is 5. The minimum atomic E-state index is -1.07. The monoisotopic (exact) mass is 336 g/mol. The Morgan fingerprint density at radius 3 is 2.64 bits per heavy atom. The molecule has 0 saturated carbocycles. The number of carbonyl (C=O) groups is 1. The average Bonchev–Trinajstić information content (AvgIpc) is 2.52. The Morgan fingerprint density at radius 2 is 1.95 bits per heavy atom. The van der Waals surface area contributed by atoms with Crippen molar-refractivity contribution >= 4 is 40.6 Å². The lowest BCUT2D eigenvalue weighted by Crippen LogP contribution is -2.03. The van der Waals surface area contributed by atoms with E-state index < -0.39 is 5.97 Å². The van der Waals surface area contributed by atoms with Gasteiger partial charge in [-0.1, -0.05) is 53.5 Å². The molecule has 0 fully saturated rings. The third kappa shape index (κ3) is 4.28. The zero-order chi connectivity index (χ0) is 15.9. The van der Waals surface area contributed by atoms with Gasteiger partial charge in [0.15, 0.2) is 5.15 Å². The molecule has 1 heterocycles. The number of anilines is 1. The molecule has 0 atom stereocenters. The van der Waals surface area contributed by atoms with Crippen molar-refractivity contribution < 1.29 is 9.90 Å². The third-order valence-corrected chi connectivity index (χ3v) is 3.24. The molecule has 112 valence electrons. The van der Waals surface area contributed by atoms with E-state index in [1.54, 1.807) is 12.1 Å². The largest absolute Gasteiger partial charge is 0.478 e. The van der Waals surface area contributed by atoms with E-state index in [-0.39, 0.29) is 10.2 Å². The Kier molecular flexibility index (Phi) is 5.46. The van der Waals surface area contributed by atoms with Crippen molar-refractivity contribution in [3.8, 4) is 0 Å². The fourth-order valence-electron chi connectivity index (χ4n) is 1.50. The Balaban J connectivity index is 2.32. The molecule has 0 unspecified atom stereocenters. The number of carboxylic acid groups (broad SMARTS) is 1. The van der Waals surface area contributed by atoms with Gasteiger partial charge in [0.25, 0.3) is 0 Å². The van der Waals surface area contributed by atoms with Gasteiger partial charge >= 0.3 is 5.97 Å². The van der Waals surface area contributed by atoms with Crippen molar-refractivity contribution in [2.24, 2.45) is 5.10 Å². The average molecular weight is 337 g/mol. The predicted octanol–water partition coefficient (Wildman–Crippen LogP) is 3.24. The first-order chi connectivity index (χ1) is 10.6. The van der Waals surface area contributed by atoms with Gasteiger partial charge in [0, 0.05) is 11.6 Å². The smallest absolute Gasteiger partial charge is 0.328 e. The number of aliphatic carboxylic acids is 1. The molecule has 2 N–H and O–H groups in total. The van der Waals surface area contributed by atoms with Crippen molar-refractivity contribution in [3.63, 3.8) is 0 Å². The molecule has 1 aromatic heterocycles. The lowest BCUT2D eigenvalue weighted by molar-refractivity contribution is -0.131. The highest BCUT2D eigenvalue weighted by molar-refractivity contribution is 6.42. The zero-order valence-corrected chi connectivity index (χ0v) is 12.6. The molecule has 0 amide bonds. The number of hydrogen-bond acceptors (Lipinski definition) is 5. The molecule has 0 aliphatic rings. The van der Waals surface area contributed by atoms with E-state index in [2.05, 4.69) is 20.7 Å². The molecule has 0 bridgehead atoms. The van der Waals surface area contributed by atoms with E-state index in [9.17, 15) is 4.79 Å². The van der Waals surface area contributed by atoms with E-state index in [1.165, 1.54) is 12.3 Å². The summed E-state index contributed by atoms with van der Waals surface area (Å²) >= 11 is 11.7. The molecule has 8 heteroatoms. The van der Waals surface area contributed by atoms with Crippen molar-refractivity contribution in [1.82, 2.24) is 10.2 Å². The summed E-state index contributed by atoms with van der Waals surface area (Å²) < 4.78 is 0. The van der Waals surface area contributed by atoms with Gasteiger partial charge in [-0.2, -0.15) is 10.2 Å². The molecule has 0 saturated heterocycles. The second-order valence-electron chi connectivity index (χ2n) is 4.01. The normalized spacial score (nSPS) is 11.6. The number of hydrazone groups is 1. The number of allylic oxidation sites excluding steroid dienone is 1. The first kappa shape index (κ1) is 15.9. The molecule has 6 nitrogen and oxygen atoms in total. The van der Waals surface area contributed by atoms with E-state index in [0.29, 0.717) is 11.4 Å². The van der Waals surface area contributed by atoms with Crippen molar-refractivity contribution in [1.29, 1.82) is 0 Å². The van der Waals surface area contributed by atoms with Crippen LogP contribution in [0.3, 0.4) is 0 Å². The molecule has 0 aliphatic heterocycles. The fourth-order valence-corrected chi connectivity index (χ4v) is 1.78. The standard InChI is InChI=1S/C14H10Cl2N4O2/c15-13-11(8-17-20-14(13)16)19-18-10(6-7-12(21)22)9-4-2-1-3-5-9/h1-8H,(H,19,20)(H,21,22)/b7-6+,18-10+. The quantitative estimate of drug-likeness (QED) is 0.497. The maximum absolute atomic E-state index is 10.7. The van der Waals surface area contributed by atoms with Crippen LogP contribution in [0.2, 0.25) is 10.2 Å². The van der Waals surface area contributed by atoms with Crippen LogP contribution in [0.1, 0.15) is 5.56 Å². The highest BCUT2D eigenvalue weighted by Gasteiger charge is 2.06. The summed E-state index contributed by atoms with van der Waals surface area (Å²) in [6.45, 7) is 0. The molecule has 0 aliphatic carbocycles. The molecule has 0 radical (unpaired) electrons. The first-order valence-corrected chi connectivity index (χ1v) is 6.80. The lowest BCUT2D eigenvalue weighted by atomic mass is 10.1. The van der Waals surface area contributed by atoms with E-state index in [1.807, 2.05) is 18.2 Å². The highest BCUT2D eigenvalue weighted by Crippen LogP contribution is 2.26. The number of benzene rings is 1. The Morgan fingerprint density at radius 1 is 1.23 bits per heavy atom. The summed E-state index contributed by atoms with van der Waals surface area (Å²) in [7, 11) is 0. The number of halogens is 2. The van der Waals surface area contributed by atoms with Gasteiger partial charge < -0.3 is 5.11 Å². The van der Waals surface area contributed by atoms with Crippen LogP contribution in [0.4, 0.5) is 5.69 Å². The second-order valence-corrected chi connectivity index (χ2v) is 4.75. The van der Waals surface area contributed by atoms with Gasteiger partial charge in [0.2, 0.25) is 0 Å². The number of hydrogen-bond donors (Lipinski definition) is 2. The van der Waals surface area contributed by atoms with E-state index in [0.717, 1.165) is 11.6 Å². The number of aromatic nitrogens is 2. The van der Waals surface area contributed by atoms with E-state index in [4.69, 9.17) is 28.3 Å². The minimum absolute atomic E-state index is 0.0456. The number of carboxylic acids is 1. The fraction of sp³-hybridized carbons (Fsp3) is 0. The Hall–Kier alpha value is -2.44. The molecule has 1 aromatic carbocycles. The second kappa shape index (κ2) is 7.53. The number of nitrogens with zero attached hydrogens (tertiary/aromatic N) is 3. The summed E-state index contributed by atoms with van der Waals surface area (Å²) in [5, 5.41) is 20.4. The van der Waals surface area contributed by atoms with Crippen LogP contribution in [-0.4, -0.2) is 27.0 Å². The summed E-state index contributed by atoms with van der Waals surface area (Å²) in [4.78, 5) is 10.7. The zero-order valence-electron chi connectivity index (χ0n) is 11.1. The van der Waals surface area contributed by atoms with Gasteiger partial charge in [-0.15, -0.1) is 5.10 Å². The van der Waals surface area contributed by atoms with Gasteiger partial charge in [-0.25, -0.2) is 4.79 Å². The Bertz CT molecular complexity index is 733. The summed E-state index contributed by atoms with van der Waals surface area (Å²) in [6.07, 6.45) is 3.73.